The number of amides is 2. The summed E-state index contributed by atoms with van der Waals surface area (Å²) in [6.45, 7) is 3.26. The number of piperidine rings is 1. The molecule has 2 heterocycles. The fourth-order valence-corrected chi connectivity index (χ4v) is 4.69. The lowest BCUT2D eigenvalue weighted by Gasteiger charge is -2.31. The van der Waals surface area contributed by atoms with Gasteiger partial charge in [0.15, 0.2) is 0 Å². The SMILES string of the molecule is CCC(=O)Nc1cccc(C(=O)N2CCC(c3nc4ccccc4s3)CC2)c1. The van der Waals surface area contributed by atoms with Gasteiger partial charge in [0.25, 0.3) is 5.91 Å². The molecule has 1 saturated heterocycles. The normalized spacial score (nSPS) is 15.0. The highest BCUT2D eigenvalue weighted by Crippen LogP contribution is 2.34. The Labute approximate surface area is 168 Å². The number of nitrogens with zero attached hydrogens (tertiary/aromatic N) is 2. The quantitative estimate of drug-likeness (QED) is 0.701. The lowest BCUT2D eigenvalue weighted by Crippen LogP contribution is -2.37. The molecule has 4 rings (SSSR count). The molecule has 144 valence electrons. The summed E-state index contributed by atoms with van der Waals surface area (Å²) in [5, 5.41) is 3.99. The molecule has 6 heteroatoms. The third kappa shape index (κ3) is 3.92. The van der Waals surface area contributed by atoms with Crippen molar-refractivity contribution < 1.29 is 9.59 Å². The van der Waals surface area contributed by atoms with Crippen molar-refractivity contribution >= 4 is 39.1 Å². The minimum absolute atomic E-state index is 0.0235. The van der Waals surface area contributed by atoms with Crippen LogP contribution in [0.3, 0.4) is 0 Å². The molecule has 0 aliphatic carbocycles. The Balaban J connectivity index is 1.41. The fraction of sp³-hybridized carbons (Fsp3) is 0.318. The highest BCUT2D eigenvalue weighted by atomic mass is 32.1. The molecule has 1 N–H and O–H groups in total. The van der Waals surface area contributed by atoms with Crippen LogP contribution in [0.5, 0.6) is 0 Å². The molecule has 0 atom stereocenters. The molecule has 0 saturated carbocycles. The summed E-state index contributed by atoms with van der Waals surface area (Å²) in [6.07, 6.45) is 2.27. The zero-order valence-corrected chi connectivity index (χ0v) is 16.7. The number of thiazole rings is 1. The number of carbonyl (C=O) groups is 2. The van der Waals surface area contributed by atoms with Gasteiger partial charge in [-0.25, -0.2) is 4.98 Å². The van der Waals surface area contributed by atoms with Crippen molar-refractivity contribution in [1.29, 1.82) is 0 Å². The number of hydrogen-bond acceptors (Lipinski definition) is 4. The second-order valence-corrected chi connectivity index (χ2v) is 8.13. The highest BCUT2D eigenvalue weighted by molar-refractivity contribution is 7.18. The number of nitrogens with one attached hydrogen (secondary N) is 1. The van der Waals surface area contributed by atoms with Crippen LogP contribution in [0, 0.1) is 0 Å². The minimum atomic E-state index is -0.0544. The summed E-state index contributed by atoms with van der Waals surface area (Å²) in [6, 6.07) is 15.4. The number of fused-ring (bicyclic) bond motifs is 1. The monoisotopic (exact) mass is 393 g/mol. The third-order valence-corrected chi connectivity index (χ3v) is 6.36. The molecule has 2 aromatic carbocycles. The molecule has 1 aromatic heterocycles. The number of hydrogen-bond donors (Lipinski definition) is 1. The maximum absolute atomic E-state index is 12.9. The predicted molar refractivity (Wildman–Crippen MR) is 113 cm³/mol. The number of carbonyl (C=O) groups excluding carboxylic acids is 2. The largest absolute Gasteiger partial charge is 0.339 e. The molecule has 5 nitrogen and oxygen atoms in total. The number of aromatic nitrogens is 1. The molecule has 2 amide bonds. The van der Waals surface area contributed by atoms with Gasteiger partial charge in [-0.3, -0.25) is 9.59 Å². The van der Waals surface area contributed by atoms with Gasteiger partial charge in [-0.1, -0.05) is 25.1 Å². The molecule has 1 aliphatic heterocycles. The summed E-state index contributed by atoms with van der Waals surface area (Å²) in [5.41, 5.74) is 2.35. The Morgan fingerprint density at radius 3 is 2.68 bits per heavy atom. The molecule has 28 heavy (non-hydrogen) atoms. The van der Waals surface area contributed by atoms with Crippen molar-refractivity contribution in [2.24, 2.45) is 0 Å². The predicted octanol–water partition coefficient (Wildman–Crippen LogP) is 4.66. The van der Waals surface area contributed by atoms with Gasteiger partial charge in [0.1, 0.15) is 0 Å². The van der Waals surface area contributed by atoms with E-state index in [2.05, 4.69) is 17.4 Å². The molecule has 0 spiro atoms. The fourth-order valence-electron chi connectivity index (χ4n) is 3.56. The zero-order chi connectivity index (χ0) is 19.5. The van der Waals surface area contributed by atoms with E-state index in [1.165, 1.54) is 9.71 Å². The lowest BCUT2D eigenvalue weighted by atomic mass is 9.97. The summed E-state index contributed by atoms with van der Waals surface area (Å²) in [4.78, 5) is 31.2. The van der Waals surface area contributed by atoms with Crippen molar-refractivity contribution in [2.75, 3.05) is 18.4 Å². The van der Waals surface area contributed by atoms with E-state index < -0.39 is 0 Å². The van der Waals surface area contributed by atoms with Gasteiger partial charge < -0.3 is 10.2 Å². The molecule has 1 fully saturated rings. The Bertz CT molecular complexity index is 973. The number of likely N-dealkylation sites (tertiary alicyclic amines) is 1. The van der Waals surface area contributed by atoms with Crippen LogP contribution in [0.15, 0.2) is 48.5 Å². The van der Waals surface area contributed by atoms with Crippen LogP contribution < -0.4 is 5.32 Å². The van der Waals surface area contributed by atoms with Crippen LogP contribution in [-0.4, -0.2) is 34.8 Å². The smallest absolute Gasteiger partial charge is 0.253 e. The lowest BCUT2D eigenvalue weighted by molar-refractivity contribution is -0.115. The first kappa shape index (κ1) is 18.6. The van der Waals surface area contributed by atoms with E-state index in [-0.39, 0.29) is 11.8 Å². The van der Waals surface area contributed by atoms with Crippen LogP contribution in [0.25, 0.3) is 10.2 Å². The van der Waals surface area contributed by atoms with Crippen LogP contribution in [0.2, 0.25) is 0 Å². The van der Waals surface area contributed by atoms with Crippen molar-refractivity contribution in [1.82, 2.24) is 9.88 Å². The van der Waals surface area contributed by atoms with Crippen LogP contribution >= 0.6 is 11.3 Å². The zero-order valence-electron chi connectivity index (χ0n) is 15.9. The van der Waals surface area contributed by atoms with Gasteiger partial charge in [-0.15, -0.1) is 11.3 Å². The molecular weight excluding hydrogens is 370 g/mol. The Morgan fingerprint density at radius 2 is 1.93 bits per heavy atom. The number of para-hydroxylation sites is 1. The summed E-state index contributed by atoms with van der Waals surface area (Å²) in [5.74, 6) is 0.383. The van der Waals surface area contributed by atoms with Gasteiger partial charge in [-0.05, 0) is 43.2 Å². The molecule has 1 aliphatic rings. The maximum atomic E-state index is 12.9. The van der Waals surface area contributed by atoms with Gasteiger partial charge in [0.2, 0.25) is 5.91 Å². The van der Waals surface area contributed by atoms with Gasteiger partial charge in [0.05, 0.1) is 15.2 Å². The Hall–Kier alpha value is -2.73. The first-order valence-corrected chi connectivity index (χ1v) is 10.5. The van der Waals surface area contributed by atoms with E-state index in [0.29, 0.717) is 23.6 Å². The van der Waals surface area contributed by atoms with E-state index >= 15 is 0 Å². The second-order valence-electron chi connectivity index (χ2n) is 7.07. The summed E-state index contributed by atoms with van der Waals surface area (Å²) in [7, 11) is 0. The van der Waals surface area contributed by atoms with E-state index in [1.54, 1.807) is 24.3 Å². The summed E-state index contributed by atoms with van der Waals surface area (Å²) >= 11 is 1.76. The van der Waals surface area contributed by atoms with E-state index in [4.69, 9.17) is 4.98 Å². The average molecular weight is 394 g/mol. The van der Waals surface area contributed by atoms with Crippen molar-refractivity contribution in [3.63, 3.8) is 0 Å². The van der Waals surface area contributed by atoms with Crippen LogP contribution in [0.4, 0.5) is 5.69 Å². The standard InChI is InChI=1S/C22H23N3O2S/c1-2-20(26)23-17-7-5-6-16(14-17)22(27)25-12-10-15(11-13-25)21-24-18-8-3-4-9-19(18)28-21/h3-9,14-15H,2,10-13H2,1H3,(H,23,26). The topological polar surface area (TPSA) is 62.3 Å². The van der Waals surface area contributed by atoms with Crippen molar-refractivity contribution in [3.8, 4) is 0 Å². The Morgan fingerprint density at radius 1 is 1.14 bits per heavy atom. The van der Waals surface area contributed by atoms with Crippen molar-refractivity contribution in [3.05, 3.63) is 59.1 Å². The number of rotatable bonds is 4. The van der Waals surface area contributed by atoms with E-state index in [9.17, 15) is 9.59 Å². The first-order valence-electron chi connectivity index (χ1n) is 9.68. The van der Waals surface area contributed by atoms with Crippen LogP contribution in [-0.2, 0) is 4.79 Å². The van der Waals surface area contributed by atoms with Gasteiger partial charge in [0, 0.05) is 36.7 Å². The molecule has 0 radical (unpaired) electrons. The second kappa shape index (κ2) is 8.10. The molecule has 0 unspecified atom stereocenters. The van der Waals surface area contributed by atoms with Crippen molar-refractivity contribution in [2.45, 2.75) is 32.1 Å². The van der Waals surface area contributed by atoms with Gasteiger partial charge >= 0.3 is 0 Å². The average Bonchev–Trinajstić information content (AvgIpc) is 3.18. The van der Waals surface area contributed by atoms with Crippen LogP contribution in [0.1, 0.15) is 47.5 Å². The highest BCUT2D eigenvalue weighted by Gasteiger charge is 2.26. The molecular formula is C22H23N3O2S. The number of anilines is 1. The Kier molecular flexibility index (Phi) is 5.39. The van der Waals surface area contributed by atoms with E-state index in [1.807, 2.05) is 35.2 Å². The number of benzene rings is 2. The third-order valence-electron chi connectivity index (χ3n) is 5.16. The first-order chi connectivity index (χ1) is 13.6. The summed E-state index contributed by atoms with van der Waals surface area (Å²) < 4.78 is 1.22. The van der Waals surface area contributed by atoms with E-state index in [0.717, 1.165) is 31.4 Å². The molecule has 0 bridgehead atoms. The minimum Gasteiger partial charge on any atom is -0.339 e. The maximum Gasteiger partial charge on any atom is 0.253 e. The molecule has 3 aromatic rings. The van der Waals surface area contributed by atoms with Gasteiger partial charge in [-0.2, -0.15) is 0 Å².